The third-order valence-electron chi connectivity index (χ3n) is 7.86. The molecule has 58 heavy (non-hydrogen) atoms. The van der Waals surface area contributed by atoms with Gasteiger partial charge in [0.05, 0.1) is 49.8 Å². The Morgan fingerprint density at radius 2 is 1.24 bits per heavy atom. The number of nitrogens with zero attached hydrogens (tertiary/aromatic N) is 4. The van der Waals surface area contributed by atoms with Crippen LogP contribution in [0, 0.1) is 0 Å². The number of Topliss-reactive ketones (excluding diaryl/α,β-unsaturated/α-hetero) is 1. The van der Waals surface area contributed by atoms with E-state index in [2.05, 4.69) is 31.3 Å². The van der Waals surface area contributed by atoms with Crippen LogP contribution in [-0.4, -0.2) is 54.9 Å². The average Bonchev–Trinajstić information content (AvgIpc) is 3.13. The molecule has 0 fully saturated rings. The van der Waals surface area contributed by atoms with Crippen LogP contribution in [0.3, 0.4) is 0 Å². The van der Waals surface area contributed by atoms with E-state index in [9.17, 15) is 45.4 Å². The Kier molecular flexibility index (Phi) is 16.4. The number of hydrazone groups is 2. The summed E-state index contributed by atoms with van der Waals surface area (Å²) in [7, 11) is -10.6. The number of ketones is 2. The molecule has 18 nitrogen and oxygen atoms in total. The number of nitrogens with two attached hydrogens (primary N) is 2. The van der Waals surface area contributed by atoms with E-state index in [1.165, 1.54) is 24.3 Å². The molecule has 0 amide bonds. The molecule has 23 heteroatoms. The Hall–Kier alpha value is -4.13. The van der Waals surface area contributed by atoms with E-state index >= 15 is 0 Å². The van der Waals surface area contributed by atoms with Crippen LogP contribution in [0.2, 0.25) is 0 Å². The zero-order valence-corrected chi connectivity index (χ0v) is 38.3. The summed E-state index contributed by atoms with van der Waals surface area (Å²) in [5.74, 6) is -3.46. The second-order valence-electron chi connectivity index (χ2n) is 11.6. The van der Waals surface area contributed by atoms with Gasteiger partial charge >= 0.3 is 88.7 Å². The van der Waals surface area contributed by atoms with Crippen molar-refractivity contribution in [3.63, 3.8) is 0 Å². The predicted octanol–water partition coefficient (Wildman–Crippen LogP) is -6.02. The van der Waals surface area contributed by atoms with Gasteiger partial charge in [-0.2, -0.15) is 10.2 Å². The summed E-state index contributed by atoms with van der Waals surface area (Å²) in [6.45, 7) is 0. The minimum absolute atomic E-state index is 0. The van der Waals surface area contributed by atoms with E-state index in [1.54, 1.807) is 48.5 Å². The number of benzene rings is 4. The van der Waals surface area contributed by atoms with Gasteiger partial charge in [-0.25, -0.2) is 16.8 Å². The van der Waals surface area contributed by atoms with Crippen LogP contribution < -0.4 is 116 Å². The molecule has 0 atom stereocenters. The predicted molar refractivity (Wildman–Crippen MR) is 197 cm³/mol. The number of aliphatic carboxylic acids is 1. The number of azo groups is 1. The molecule has 0 saturated heterocycles. The fraction of sp³-hybridized carbons (Fsp3) is 0. The minimum Gasteiger partial charge on any atom is -0.744 e. The number of carboxylic acid groups (broad SMARTS) is 1. The number of carbonyl (C=O) groups is 3. The standard InChI is InChI=1S/C35H26N8O10S2.3Na/c36-21-5-11-28(27(37)15-21)41-42-29-17-25(54(48,49)50)13-20-14-31(55(51,52)53)33(34(45)32(20)29)43-39-23-8-3-19(4-9-23)18-1-6-22(7-2-18)38-40-24-10-12-30(44)26(16-24)35(46)47;;;/h1-17,38-39H,36-37H2,(H,46,47)(H,48,49,50)(H,51,52,53);;;/q;3*+1/p-3/b40-24-,42-41?,43-33+;;;. The molecule has 0 saturated carbocycles. The number of rotatable bonds is 10. The number of anilines is 4. The molecule has 0 aromatic heterocycles. The van der Waals surface area contributed by atoms with Gasteiger partial charge in [0, 0.05) is 11.3 Å². The van der Waals surface area contributed by atoms with E-state index in [4.69, 9.17) is 11.5 Å². The van der Waals surface area contributed by atoms with Crippen LogP contribution in [0.1, 0.15) is 15.9 Å². The maximum absolute atomic E-state index is 13.8. The Morgan fingerprint density at radius 1 is 0.672 bits per heavy atom. The van der Waals surface area contributed by atoms with Crippen LogP contribution in [-0.2, 0) is 29.8 Å². The molecular weight excluding hydrogens is 826 g/mol. The number of fused-ring (bicyclic) bond motifs is 1. The van der Waals surface area contributed by atoms with Crippen molar-refractivity contribution in [3.05, 3.63) is 119 Å². The third-order valence-corrected chi connectivity index (χ3v) is 9.52. The molecular formula is C35H23N8Na3O10S2. The van der Waals surface area contributed by atoms with Crippen LogP contribution in [0.4, 0.5) is 34.1 Å². The minimum atomic E-state index is -5.40. The Balaban J connectivity index is 0.00000300. The summed E-state index contributed by atoms with van der Waals surface area (Å²) in [5, 5.41) is 27.0. The SMILES string of the molecule is Nc1ccc(N=Nc2cc(S(=O)(=O)[O-])cc3c2C(=O)/C(=N/Nc2ccc(-c4ccc(N/N=C5/C=CC(=O)C(C(=O)[O-])=C5)cc4)cc2)C(S(=O)(=O)[O-])=C3)c(N)c1.[Na+].[Na+].[Na+]. The molecule has 2 aliphatic rings. The van der Waals surface area contributed by atoms with Crippen molar-refractivity contribution in [2.45, 2.75) is 4.90 Å². The Bertz CT molecular complexity index is 2740. The number of nitrogen functional groups attached to an aromatic ring is 2. The molecule has 0 heterocycles. The van der Waals surface area contributed by atoms with Crippen molar-refractivity contribution < 1.29 is 134 Å². The molecule has 2 aliphatic carbocycles. The third kappa shape index (κ3) is 11.3. The van der Waals surface area contributed by atoms with E-state index in [0.717, 1.165) is 35.4 Å². The zero-order chi connectivity index (χ0) is 39.7. The molecule has 6 rings (SSSR count). The molecule has 278 valence electrons. The number of nitrogens with one attached hydrogen (secondary N) is 2. The number of carboxylic acids is 1. The number of hydrogen-bond acceptors (Lipinski definition) is 18. The van der Waals surface area contributed by atoms with Gasteiger partial charge in [-0.15, -0.1) is 10.2 Å². The van der Waals surface area contributed by atoms with Gasteiger partial charge in [-0.3, -0.25) is 20.4 Å². The fourth-order valence-electron chi connectivity index (χ4n) is 5.19. The summed E-state index contributed by atoms with van der Waals surface area (Å²) in [6.07, 6.45) is 4.22. The maximum atomic E-state index is 13.8. The van der Waals surface area contributed by atoms with Crippen molar-refractivity contribution >= 4 is 89.4 Å². The molecule has 6 N–H and O–H groups in total. The molecule has 0 aliphatic heterocycles. The second-order valence-corrected chi connectivity index (χ2v) is 14.3. The first-order valence-electron chi connectivity index (χ1n) is 15.4. The molecule has 0 radical (unpaired) electrons. The smallest absolute Gasteiger partial charge is 0.744 e. The van der Waals surface area contributed by atoms with Crippen LogP contribution in [0.25, 0.3) is 17.2 Å². The molecule has 4 aromatic rings. The maximum Gasteiger partial charge on any atom is 1.00 e. The average molecular weight is 849 g/mol. The van der Waals surface area contributed by atoms with Gasteiger partial charge in [-0.05, 0) is 95.6 Å². The zero-order valence-electron chi connectivity index (χ0n) is 30.7. The number of hydrogen-bond donors (Lipinski definition) is 4. The summed E-state index contributed by atoms with van der Waals surface area (Å²) in [6, 6.07) is 19.0. The van der Waals surface area contributed by atoms with Crippen molar-refractivity contribution in [1.82, 2.24) is 0 Å². The quantitative estimate of drug-likeness (QED) is 0.0220. The summed E-state index contributed by atoms with van der Waals surface area (Å²) in [5.41, 5.74) is 17.2. The van der Waals surface area contributed by atoms with Crippen LogP contribution in [0.5, 0.6) is 0 Å². The molecule has 0 spiro atoms. The first-order chi connectivity index (χ1) is 26.0. The van der Waals surface area contributed by atoms with Gasteiger partial charge in [0.1, 0.15) is 31.6 Å². The number of allylic oxidation sites excluding steroid dienone is 4. The first kappa shape index (κ1) is 48.2. The van der Waals surface area contributed by atoms with Crippen molar-refractivity contribution in [2.75, 3.05) is 22.3 Å². The molecule has 0 unspecified atom stereocenters. The Morgan fingerprint density at radius 3 is 1.78 bits per heavy atom. The van der Waals surface area contributed by atoms with E-state index in [-0.39, 0.29) is 111 Å². The second kappa shape index (κ2) is 19.7. The van der Waals surface area contributed by atoms with Crippen molar-refractivity contribution in [1.29, 1.82) is 0 Å². The Labute approximate surface area is 396 Å². The van der Waals surface area contributed by atoms with Gasteiger partial charge in [-0.1, -0.05) is 24.3 Å². The van der Waals surface area contributed by atoms with Gasteiger partial charge in [0.15, 0.2) is 5.78 Å². The van der Waals surface area contributed by atoms with E-state index in [0.29, 0.717) is 17.5 Å². The first-order valence-corrected chi connectivity index (χ1v) is 18.3. The van der Waals surface area contributed by atoms with Gasteiger partial charge < -0.3 is 30.5 Å². The fourth-order valence-corrected chi connectivity index (χ4v) is 6.36. The largest absolute Gasteiger partial charge is 1.00 e. The van der Waals surface area contributed by atoms with Gasteiger partial charge in [0.25, 0.3) is 0 Å². The topological polar surface area (TPSA) is 314 Å². The summed E-state index contributed by atoms with van der Waals surface area (Å²) in [4.78, 5) is 34.6. The van der Waals surface area contributed by atoms with E-state index in [1.807, 2.05) is 0 Å². The van der Waals surface area contributed by atoms with Crippen LogP contribution >= 0.6 is 0 Å². The van der Waals surface area contributed by atoms with Crippen molar-refractivity contribution in [2.24, 2.45) is 20.4 Å². The molecule has 4 aromatic carbocycles. The normalized spacial score (nSPS) is 15.1. The van der Waals surface area contributed by atoms with Gasteiger partial charge in [0.2, 0.25) is 5.78 Å². The summed E-state index contributed by atoms with van der Waals surface area (Å²) >= 11 is 0. The number of carbonyl (C=O) groups excluding carboxylic acids is 3. The summed E-state index contributed by atoms with van der Waals surface area (Å²) < 4.78 is 72.8. The molecule has 0 bridgehead atoms. The van der Waals surface area contributed by atoms with E-state index < -0.39 is 75.7 Å². The monoisotopic (exact) mass is 848 g/mol. The van der Waals surface area contributed by atoms with Crippen LogP contribution in [0.15, 0.2) is 133 Å². The van der Waals surface area contributed by atoms with Crippen molar-refractivity contribution in [3.8, 4) is 11.1 Å².